The molecule has 0 aromatic heterocycles. The van der Waals surface area contributed by atoms with E-state index in [0.717, 1.165) is 5.56 Å². The van der Waals surface area contributed by atoms with Gasteiger partial charge in [-0.2, -0.15) is 0 Å². The van der Waals surface area contributed by atoms with E-state index < -0.39 is 25.9 Å². The first-order chi connectivity index (χ1) is 16.5. The number of hydrogen-bond acceptors (Lipinski definition) is 5. The molecule has 2 fully saturated rings. The summed E-state index contributed by atoms with van der Waals surface area (Å²) in [5, 5.41) is 6.47. The third kappa shape index (κ3) is 6.55. The van der Waals surface area contributed by atoms with Gasteiger partial charge in [0.1, 0.15) is 6.04 Å². The standard InChI is InChI=1S/C27H44N4O4Si/c1-26(2,3)29-24(33)22-23-20(17-35-36(8,9)27(4,5)6)31(23)21(32)16-30(7)25(34)19(28-22)15-18-13-11-10-12-14-18/h10-14,19-20,22-23,28H,15-17H2,1-9H3,(H,29,33)/t19-,20+,22+,23-,31?/m0/s1. The minimum absolute atomic E-state index is 0.0213. The molecular weight excluding hydrogens is 472 g/mol. The molecule has 0 spiro atoms. The number of benzene rings is 1. The lowest BCUT2D eigenvalue weighted by Crippen LogP contribution is -2.59. The number of rotatable bonds is 6. The highest BCUT2D eigenvalue weighted by atomic mass is 28.4. The summed E-state index contributed by atoms with van der Waals surface area (Å²) in [6, 6.07) is 7.78. The minimum Gasteiger partial charge on any atom is -0.415 e. The zero-order valence-corrected chi connectivity index (χ0v) is 24.3. The highest BCUT2D eigenvalue weighted by Crippen LogP contribution is 2.39. The van der Waals surface area contributed by atoms with Crippen LogP contribution >= 0.6 is 0 Å². The van der Waals surface area contributed by atoms with Crippen molar-refractivity contribution >= 4 is 26.0 Å². The molecule has 4 atom stereocenters. The highest BCUT2D eigenvalue weighted by Gasteiger charge is 2.59. The molecule has 1 aromatic carbocycles. The summed E-state index contributed by atoms with van der Waals surface area (Å²) < 4.78 is 6.48. The molecule has 200 valence electrons. The van der Waals surface area contributed by atoms with E-state index in [2.05, 4.69) is 44.5 Å². The number of nitrogens with zero attached hydrogens (tertiary/aromatic N) is 2. The molecule has 9 heteroatoms. The molecule has 36 heavy (non-hydrogen) atoms. The lowest BCUT2D eigenvalue weighted by molar-refractivity contribution is -0.137. The number of carbonyl (C=O) groups is 3. The summed E-state index contributed by atoms with van der Waals surface area (Å²) in [7, 11) is -0.401. The van der Waals surface area contributed by atoms with Crippen LogP contribution in [0.2, 0.25) is 18.1 Å². The summed E-state index contributed by atoms with van der Waals surface area (Å²) in [5.41, 5.74) is 0.534. The molecule has 2 aliphatic rings. The maximum Gasteiger partial charge on any atom is 0.242 e. The van der Waals surface area contributed by atoms with Crippen LogP contribution in [0, 0.1) is 0 Å². The van der Waals surface area contributed by atoms with Gasteiger partial charge in [-0.05, 0) is 50.9 Å². The van der Waals surface area contributed by atoms with Crippen molar-refractivity contribution in [2.75, 3.05) is 20.2 Å². The molecule has 2 heterocycles. The largest absolute Gasteiger partial charge is 0.415 e. The van der Waals surface area contributed by atoms with Gasteiger partial charge in [-0.15, -0.1) is 0 Å². The van der Waals surface area contributed by atoms with Crippen LogP contribution < -0.4 is 10.6 Å². The van der Waals surface area contributed by atoms with Gasteiger partial charge in [0.25, 0.3) is 0 Å². The van der Waals surface area contributed by atoms with Crippen molar-refractivity contribution in [2.24, 2.45) is 0 Å². The van der Waals surface area contributed by atoms with Crippen LogP contribution in [0.4, 0.5) is 0 Å². The Morgan fingerprint density at radius 3 is 2.28 bits per heavy atom. The number of hydrogen-bond donors (Lipinski definition) is 2. The smallest absolute Gasteiger partial charge is 0.242 e. The van der Waals surface area contributed by atoms with Crippen LogP contribution in [0.15, 0.2) is 30.3 Å². The summed E-state index contributed by atoms with van der Waals surface area (Å²) in [6.07, 6.45) is 0.426. The predicted molar refractivity (Wildman–Crippen MR) is 144 cm³/mol. The van der Waals surface area contributed by atoms with Gasteiger partial charge in [0.05, 0.1) is 31.3 Å². The molecular formula is C27H44N4O4Si. The zero-order chi connectivity index (χ0) is 27.1. The molecule has 0 aliphatic carbocycles. The average Bonchev–Trinajstić information content (AvgIpc) is 3.46. The fraction of sp³-hybridized carbons (Fsp3) is 0.667. The number of fused-ring (bicyclic) bond motifs is 1. The maximum absolute atomic E-state index is 13.6. The van der Waals surface area contributed by atoms with Gasteiger partial charge in [-0.3, -0.25) is 19.7 Å². The van der Waals surface area contributed by atoms with E-state index in [0.29, 0.717) is 13.0 Å². The minimum atomic E-state index is -2.05. The summed E-state index contributed by atoms with van der Waals surface area (Å²) in [5.74, 6) is -0.566. The van der Waals surface area contributed by atoms with Crippen molar-refractivity contribution in [3.8, 4) is 0 Å². The van der Waals surface area contributed by atoms with Gasteiger partial charge < -0.3 is 19.5 Å². The first-order valence-corrected chi connectivity index (χ1v) is 15.7. The molecule has 0 unspecified atom stereocenters. The van der Waals surface area contributed by atoms with Crippen LogP contribution in [0.3, 0.4) is 0 Å². The van der Waals surface area contributed by atoms with Crippen molar-refractivity contribution in [1.29, 1.82) is 0 Å². The Bertz CT molecular complexity index is 970. The fourth-order valence-corrected chi connectivity index (χ4v) is 5.43. The summed E-state index contributed by atoms with van der Waals surface area (Å²) in [6.45, 7) is 17.1. The molecule has 0 saturated carbocycles. The van der Waals surface area contributed by atoms with Gasteiger partial charge in [-0.1, -0.05) is 51.1 Å². The Morgan fingerprint density at radius 2 is 1.72 bits per heavy atom. The van der Waals surface area contributed by atoms with Gasteiger partial charge >= 0.3 is 0 Å². The fourth-order valence-electron chi connectivity index (χ4n) is 4.41. The molecule has 8 nitrogen and oxygen atoms in total. The summed E-state index contributed by atoms with van der Waals surface area (Å²) >= 11 is 0. The number of nitrogens with one attached hydrogen (secondary N) is 2. The quantitative estimate of drug-likeness (QED) is 0.448. The Hall–Kier alpha value is -2.23. The monoisotopic (exact) mass is 516 g/mol. The van der Waals surface area contributed by atoms with Gasteiger partial charge in [0, 0.05) is 12.6 Å². The highest BCUT2D eigenvalue weighted by molar-refractivity contribution is 6.74. The van der Waals surface area contributed by atoms with E-state index in [1.807, 2.05) is 51.1 Å². The molecule has 0 bridgehead atoms. The number of carbonyl (C=O) groups excluding carboxylic acids is 3. The molecule has 3 rings (SSSR count). The second kappa shape index (κ2) is 10.3. The lowest BCUT2D eigenvalue weighted by Gasteiger charge is -2.36. The summed E-state index contributed by atoms with van der Waals surface area (Å²) in [4.78, 5) is 43.4. The Morgan fingerprint density at radius 1 is 1.11 bits per heavy atom. The second-order valence-corrected chi connectivity index (χ2v) is 17.6. The normalized spacial score (nSPS) is 25.6. The molecule has 0 radical (unpaired) electrons. The predicted octanol–water partition coefficient (Wildman–Crippen LogP) is 2.54. The van der Waals surface area contributed by atoms with Crippen molar-refractivity contribution in [1.82, 2.24) is 20.4 Å². The van der Waals surface area contributed by atoms with E-state index in [1.54, 1.807) is 11.9 Å². The molecule has 1 aromatic rings. The van der Waals surface area contributed by atoms with E-state index in [1.165, 1.54) is 4.90 Å². The Labute approximate surface area is 217 Å². The molecule has 2 saturated heterocycles. The number of amides is 3. The van der Waals surface area contributed by atoms with Crippen LogP contribution in [0.1, 0.15) is 47.1 Å². The van der Waals surface area contributed by atoms with Gasteiger partial charge in [0.15, 0.2) is 8.32 Å². The first kappa shape index (κ1) is 28.3. The Balaban J connectivity index is 1.92. The van der Waals surface area contributed by atoms with Crippen molar-refractivity contribution in [3.05, 3.63) is 35.9 Å². The van der Waals surface area contributed by atoms with E-state index in [4.69, 9.17) is 4.43 Å². The van der Waals surface area contributed by atoms with Crippen molar-refractivity contribution in [3.63, 3.8) is 0 Å². The maximum atomic E-state index is 13.6. The SMILES string of the molecule is CN1CC(=O)N2[C@@H]([C@H]2CO[Si](C)(C)C(C)(C)C)[C@H](C(=O)NC(C)(C)C)N[C@@H](Cc2ccccc2)C1=O. The van der Waals surface area contributed by atoms with Crippen molar-refractivity contribution in [2.45, 2.75) is 95.8 Å². The van der Waals surface area contributed by atoms with Crippen molar-refractivity contribution < 1.29 is 18.8 Å². The van der Waals surface area contributed by atoms with E-state index >= 15 is 0 Å². The van der Waals surface area contributed by atoms with E-state index in [-0.39, 0.29) is 41.4 Å². The average molecular weight is 517 g/mol. The number of likely N-dealkylation sites (N-methyl/N-ethyl adjacent to an activating group) is 1. The third-order valence-electron chi connectivity index (χ3n) is 7.52. The van der Waals surface area contributed by atoms with Crippen LogP contribution in [-0.4, -0.2) is 85.7 Å². The second-order valence-electron chi connectivity index (χ2n) is 12.8. The first-order valence-electron chi connectivity index (χ1n) is 12.8. The zero-order valence-electron chi connectivity index (χ0n) is 23.3. The molecule has 2 N–H and O–H groups in total. The van der Waals surface area contributed by atoms with Gasteiger partial charge in [0.2, 0.25) is 17.7 Å². The topological polar surface area (TPSA) is 90.8 Å². The molecule has 2 aliphatic heterocycles. The van der Waals surface area contributed by atoms with Crippen LogP contribution in [0.25, 0.3) is 0 Å². The Kier molecular flexibility index (Phi) is 8.08. The van der Waals surface area contributed by atoms with Crippen LogP contribution in [-0.2, 0) is 25.2 Å². The van der Waals surface area contributed by atoms with Gasteiger partial charge in [-0.25, -0.2) is 0 Å². The molecule has 3 amide bonds. The van der Waals surface area contributed by atoms with Crippen LogP contribution in [0.5, 0.6) is 0 Å². The lowest BCUT2D eigenvalue weighted by atomic mass is 10.0. The third-order valence-corrected chi connectivity index (χ3v) is 12.0. The van der Waals surface area contributed by atoms with E-state index in [9.17, 15) is 14.4 Å².